The van der Waals surface area contributed by atoms with E-state index in [0.29, 0.717) is 12.0 Å². The lowest BCUT2D eigenvalue weighted by atomic mass is 10.00. The molecule has 0 saturated carbocycles. The first-order valence-corrected chi connectivity index (χ1v) is 6.42. The summed E-state index contributed by atoms with van der Waals surface area (Å²) in [5, 5.41) is 0. The lowest BCUT2D eigenvalue weighted by molar-refractivity contribution is 0.0982. The molecule has 2 heteroatoms. The van der Waals surface area contributed by atoms with Crippen LogP contribution in [0.15, 0.2) is 48.5 Å². The number of Topliss-reactive ketones (excluding diaryl/α,β-unsaturated/α-hetero) is 1. The van der Waals surface area contributed by atoms with Crippen molar-refractivity contribution < 1.29 is 9.53 Å². The second-order valence-corrected chi connectivity index (χ2v) is 4.58. The van der Waals surface area contributed by atoms with E-state index in [1.807, 2.05) is 30.3 Å². The van der Waals surface area contributed by atoms with Crippen LogP contribution in [0.2, 0.25) is 0 Å². The van der Waals surface area contributed by atoms with Crippen molar-refractivity contribution in [2.45, 2.75) is 19.8 Å². The van der Waals surface area contributed by atoms with E-state index in [9.17, 15) is 4.79 Å². The number of hydrogen-bond donors (Lipinski definition) is 0. The van der Waals surface area contributed by atoms with E-state index in [1.54, 1.807) is 13.2 Å². The molecule has 2 aromatic carbocycles. The highest BCUT2D eigenvalue weighted by Gasteiger charge is 2.08. The first-order chi connectivity index (χ1) is 9.20. The number of methoxy groups -OCH3 is 1. The number of rotatable bonds is 5. The minimum Gasteiger partial charge on any atom is -0.497 e. The van der Waals surface area contributed by atoms with Crippen molar-refractivity contribution in [3.63, 3.8) is 0 Å². The Bertz CT molecular complexity index is 573. The van der Waals surface area contributed by atoms with Gasteiger partial charge in [-0.25, -0.2) is 0 Å². The highest BCUT2D eigenvalue weighted by Crippen LogP contribution is 2.16. The van der Waals surface area contributed by atoms with Crippen LogP contribution in [0.5, 0.6) is 5.75 Å². The molecule has 0 aliphatic heterocycles. The average molecular weight is 254 g/mol. The summed E-state index contributed by atoms with van der Waals surface area (Å²) in [7, 11) is 1.61. The molecule has 0 saturated heterocycles. The summed E-state index contributed by atoms with van der Waals surface area (Å²) in [5.74, 6) is 0.879. The fraction of sp³-hybridized carbons (Fsp3) is 0.235. The molecular formula is C17H18O2. The zero-order valence-electron chi connectivity index (χ0n) is 11.3. The molecule has 0 bridgehead atoms. The molecule has 0 N–H and O–H groups in total. The molecule has 0 aliphatic rings. The Balaban J connectivity index is 2.03. The van der Waals surface area contributed by atoms with Crippen molar-refractivity contribution in [2.75, 3.05) is 7.11 Å². The molecule has 0 aromatic heterocycles. The Morgan fingerprint density at radius 1 is 1.11 bits per heavy atom. The molecule has 0 radical (unpaired) electrons. The van der Waals surface area contributed by atoms with Crippen LogP contribution in [0.25, 0.3) is 0 Å². The van der Waals surface area contributed by atoms with Gasteiger partial charge in [0.2, 0.25) is 0 Å². The molecule has 0 atom stereocenters. The molecule has 0 unspecified atom stereocenters. The fourth-order valence-corrected chi connectivity index (χ4v) is 2.08. The van der Waals surface area contributed by atoms with Crippen LogP contribution >= 0.6 is 0 Å². The van der Waals surface area contributed by atoms with Crippen molar-refractivity contribution in [3.05, 3.63) is 65.2 Å². The molecular weight excluding hydrogens is 236 g/mol. The van der Waals surface area contributed by atoms with Crippen molar-refractivity contribution in [3.8, 4) is 5.75 Å². The molecule has 2 aromatic rings. The fourth-order valence-electron chi connectivity index (χ4n) is 2.08. The average Bonchev–Trinajstić information content (AvgIpc) is 2.46. The van der Waals surface area contributed by atoms with Crippen LogP contribution in [-0.4, -0.2) is 12.9 Å². The standard InChI is InChI=1S/C17H18O2/c1-13-6-3-4-7-14(13)10-11-17(18)15-8-5-9-16(12-15)19-2/h3-9,12H,10-11H2,1-2H3. The molecule has 0 fully saturated rings. The van der Waals surface area contributed by atoms with Gasteiger partial charge in [0.1, 0.15) is 5.75 Å². The zero-order valence-corrected chi connectivity index (χ0v) is 11.3. The van der Waals surface area contributed by atoms with Crippen LogP contribution in [0.1, 0.15) is 27.9 Å². The lowest BCUT2D eigenvalue weighted by Gasteiger charge is -2.06. The second kappa shape index (κ2) is 6.19. The number of hydrogen-bond acceptors (Lipinski definition) is 2. The van der Waals surface area contributed by atoms with Crippen LogP contribution in [0, 0.1) is 6.92 Å². The van der Waals surface area contributed by atoms with Crippen LogP contribution in [0.4, 0.5) is 0 Å². The second-order valence-electron chi connectivity index (χ2n) is 4.58. The molecule has 2 nitrogen and oxygen atoms in total. The van der Waals surface area contributed by atoms with E-state index in [4.69, 9.17) is 4.74 Å². The van der Waals surface area contributed by atoms with Crippen molar-refractivity contribution in [1.29, 1.82) is 0 Å². The first kappa shape index (κ1) is 13.3. The molecule has 0 heterocycles. The third kappa shape index (κ3) is 3.44. The summed E-state index contributed by atoms with van der Waals surface area (Å²) in [5.41, 5.74) is 3.19. The van der Waals surface area contributed by atoms with E-state index in [-0.39, 0.29) is 5.78 Å². The highest BCUT2D eigenvalue weighted by atomic mass is 16.5. The van der Waals surface area contributed by atoms with E-state index < -0.39 is 0 Å². The largest absolute Gasteiger partial charge is 0.497 e. The topological polar surface area (TPSA) is 26.3 Å². The van der Waals surface area contributed by atoms with Gasteiger partial charge in [-0.05, 0) is 36.6 Å². The quantitative estimate of drug-likeness (QED) is 0.758. The summed E-state index contributed by atoms with van der Waals surface area (Å²) in [4.78, 5) is 12.1. The van der Waals surface area contributed by atoms with Gasteiger partial charge in [0.15, 0.2) is 5.78 Å². The first-order valence-electron chi connectivity index (χ1n) is 6.42. The highest BCUT2D eigenvalue weighted by molar-refractivity contribution is 5.96. The molecule has 0 amide bonds. The Morgan fingerprint density at radius 2 is 1.89 bits per heavy atom. The minimum absolute atomic E-state index is 0.155. The van der Waals surface area contributed by atoms with Gasteiger partial charge in [0.25, 0.3) is 0 Å². The third-order valence-electron chi connectivity index (χ3n) is 3.27. The number of ketones is 1. The summed E-state index contributed by atoms with van der Waals surface area (Å²) >= 11 is 0. The number of ether oxygens (including phenoxy) is 1. The Morgan fingerprint density at radius 3 is 2.63 bits per heavy atom. The van der Waals surface area contributed by atoms with Gasteiger partial charge >= 0.3 is 0 Å². The molecule has 2 rings (SSSR count). The van der Waals surface area contributed by atoms with Gasteiger partial charge in [0.05, 0.1) is 7.11 Å². The maximum absolute atomic E-state index is 12.1. The SMILES string of the molecule is COc1cccc(C(=O)CCc2ccccc2C)c1. The van der Waals surface area contributed by atoms with Gasteiger partial charge < -0.3 is 4.74 Å². The number of carbonyl (C=O) groups is 1. The predicted octanol–water partition coefficient (Wildman–Crippen LogP) is 3.82. The smallest absolute Gasteiger partial charge is 0.163 e. The van der Waals surface area contributed by atoms with Crippen LogP contribution < -0.4 is 4.74 Å². The van der Waals surface area contributed by atoms with Gasteiger partial charge in [-0.15, -0.1) is 0 Å². The van der Waals surface area contributed by atoms with Crippen molar-refractivity contribution in [1.82, 2.24) is 0 Å². The van der Waals surface area contributed by atoms with E-state index >= 15 is 0 Å². The van der Waals surface area contributed by atoms with Gasteiger partial charge in [-0.3, -0.25) is 4.79 Å². The van der Waals surface area contributed by atoms with Crippen LogP contribution in [0.3, 0.4) is 0 Å². The molecule has 0 aliphatic carbocycles. The van der Waals surface area contributed by atoms with Crippen LogP contribution in [-0.2, 0) is 6.42 Å². The Kier molecular flexibility index (Phi) is 4.35. The minimum atomic E-state index is 0.155. The lowest BCUT2D eigenvalue weighted by Crippen LogP contribution is -2.02. The molecule has 19 heavy (non-hydrogen) atoms. The Hall–Kier alpha value is -2.09. The maximum Gasteiger partial charge on any atom is 0.163 e. The van der Waals surface area contributed by atoms with Gasteiger partial charge in [-0.1, -0.05) is 36.4 Å². The summed E-state index contributed by atoms with van der Waals surface area (Å²) in [6.45, 7) is 2.07. The van der Waals surface area contributed by atoms with E-state index in [2.05, 4.69) is 19.1 Å². The summed E-state index contributed by atoms with van der Waals surface area (Å²) < 4.78 is 5.13. The van der Waals surface area contributed by atoms with Crippen molar-refractivity contribution in [2.24, 2.45) is 0 Å². The predicted molar refractivity (Wildman–Crippen MR) is 76.8 cm³/mol. The van der Waals surface area contributed by atoms with Crippen molar-refractivity contribution >= 4 is 5.78 Å². The van der Waals surface area contributed by atoms with E-state index in [1.165, 1.54) is 11.1 Å². The summed E-state index contributed by atoms with van der Waals surface area (Å²) in [6, 6.07) is 15.5. The molecule has 98 valence electrons. The van der Waals surface area contributed by atoms with E-state index in [0.717, 1.165) is 12.2 Å². The van der Waals surface area contributed by atoms with Gasteiger partial charge in [0, 0.05) is 12.0 Å². The molecule has 0 spiro atoms. The number of carbonyl (C=O) groups excluding carboxylic acids is 1. The summed E-state index contributed by atoms with van der Waals surface area (Å²) in [6.07, 6.45) is 1.31. The normalized spacial score (nSPS) is 10.2. The number of aryl methyl sites for hydroxylation is 2. The Labute approximate surface area is 114 Å². The maximum atomic E-state index is 12.1. The monoisotopic (exact) mass is 254 g/mol. The zero-order chi connectivity index (χ0) is 13.7. The van der Waals surface area contributed by atoms with Gasteiger partial charge in [-0.2, -0.15) is 0 Å². The number of benzene rings is 2. The third-order valence-corrected chi connectivity index (χ3v) is 3.27.